The number of carbonyl (C=O) groups is 4. The second-order valence-corrected chi connectivity index (χ2v) is 14.7. The predicted octanol–water partition coefficient (Wildman–Crippen LogP) is 2.08. The number of aromatic amines is 4. The topological polar surface area (TPSA) is 321 Å². The summed E-state index contributed by atoms with van der Waals surface area (Å²) in [5, 5.41) is 37.1. The monoisotopic (exact) mass is 993 g/mol. The molecule has 0 unspecified atom stereocenters. The number of hydrogen-bond acceptors (Lipinski definition) is 12. The van der Waals surface area contributed by atoms with E-state index >= 15 is 0 Å². The van der Waals surface area contributed by atoms with Gasteiger partial charge < -0.3 is 39.6 Å². The van der Waals surface area contributed by atoms with Gasteiger partial charge in [-0.15, -0.1) is 0 Å². The molecule has 1 radical (unpaired) electrons. The van der Waals surface area contributed by atoms with Gasteiger partial charge in [0.05, 0.1) is 24.8 Å². The zero-order valence-electron chi connectivity index (χ0n) is 31.6. The van der Waals surface area contributed by atoms with E-state index in [1.165, 1.54) is 0 Å². The van der Waals surface area contributed by atoms with Crippen molar-refractivity contribution >= 4 is 62.8 Å². The molecule has 4 rings (SSSR count). The molecule has 61 heavy (non-hydrogen) atoms. The fourth-order valence-corrected chi connectivity index (χ4v) is 2.37. The Morgan fingerprint density at radius 3 is 0.607 bits per heavy atom. The van der Waals surface area contributed by atoms with Crippen LogP contribution in [0.15, 0.2) is 73.3 Å². The van der Waals surface area contributed by atoms with Gasteiger partial charge in [0, 0.05) is 59.0 Å². The van der Waals surface area contributed by atoms with Crippen molar-refractivity contribution in [3.8, 4) is 0 Å². The number of nitrogens with two attached hydrogens (primary N) is 4. The maximum Gasteiger partial charge on any atom is 2.00 e. The van der Waals surface area contributed by atoms with Crippen LogP contribution in [0.1, 0.15) is 35.1 Å². The Hall–Kier alpha value is -5.78. The number of rotatable bonds is 4. The molecule has 0 aliphatic rings. The number of aromatic nitrogens is 4. The average molecular weight is 994 g/mol. The van der Waals surface area contributed by atoms with Crippen LogP contribution in [0.5, 0.6) is 0 Å². The smallest absolute Gasteiger partial charge is 0.550 e. The van der Waals surface area contributed by atoms with E-state index in [1.54, 1.807) is 0 Å². The number of carbonyl (C=O) groups excluding carboxylic acids is 4. The number of aryl methyl sites for hydroxylation is 4. The Morgan fingerprint density at radius 1 is 0.426 bits per heavy atom. The zero-order valence-corrected chi connectivity index (χ0v) is 34.4. The van der Waals surface area contributed by atoms with Gasteiger partial charge in [-0.05, 0) is 76.2 Å². The molecule has 12 N–H and O–H groups in total. The molecule has 0 aliphatic heterocycles. The van der Waals surface area contributed by atoms with E-state index in [0.29, 0.717) is 0 Å². The molecule has 0 saturated heterocycles. The summed E-state index contributed by atoms with van der Waals surface area (Å²) in [6.07, 6.45) is 5.18. The molecule has 0 atom stereocenters. The molecule has 353 valence electrons. The van der Waals surface area contributed by atoms with Crippen molar-refractivity contribution in [3.63, 3.8) is 0 Å². The Kier molecular flexibility index (Phi) is 26.5. The first kappa shape index (κ1) is 64.4. The zero-order chi connectivity index (χ0) is 48.5. The van der Waals surface area contributed by atoms with Crippen LogP contribution in [0.3, 0.4) is 0 Å². The van der Waals surface area contributed by atoms with Gasteiger partial charge in [-0.25, -0.2) is 19.9 Å². The molecule has 0 spiro atoms. The molecule has 0 bridgehead atoms. The van der Waals surface area contributed by atoms with Crippen molar-refractivity contribution < 1.29 is 127 Å². The van der Waals surface area contributed by atoms with Crippen LogP contribution in [0, 0.1) is 27.7 Å². The van der Waals surface area contributed by atoms with Gasteiger partial charge in [0.2, 0.25) is 0 Å². The summed E-state index contributed by atoms with van der Waals surface area (Å²) in [4.78, 5) is 48.6. The minimum absolute atomic E-state index is 0. The molecule has 4 aromatic rings. The van der Waals surface area contributed by atoms with Crippen LogP contribution < -0.4 is 63.3 Å². The Bertz CT molecular complexity index is 1630. The number of nitrogens with one attached hydrogen (secondary N) is 4. The van der Waals surface area contributed by atoms with E-state index in [1.807, 2.05) is 101 Å². The summed E-state index contributed by atoms with van der Waals surface area (Å²) in [7, 11) is -21.3. The summed E-state index contributed by atoms with van der Waals surface area (Å²) in [6, 6.07) is 15.5. The van der Waals surface area contributed by atoms with Crippen molar-refractivity contribution in [1.82, 2.24) is 0 Å². The molecule has 0 aromatic carbocycles. The van der Waals surface area contributed by atoms with Crippen molar-refractivity contribution in [2.24, 2.45) is 0 Å². The average Bonchev–Trinajstić information content (AvgIpc) is 3.00. The van der Waals surface area contributed by atoms with Gasteiger partial charge in [0.1, 0.15) is 0 Å². The van der Waals surface area contributed by atoms with Crippen molar-refractivity contribution in [3.05, 3.63) is 95.6 Å². The molecule has 0 amide bonds. The third-order valence-electron chi connectivity index (χ3n) is 5.00. The number of carboxylic acid groups (broad SMARTS) is 4. The first-order chi connectivity index (χ1) is 26.4. The number of halogens is 12. The number of H-pyrrole nitrogens is 4. The van der Waals surface area contributed by atoms with E-state index in [9.17, 15) is 90.0 Å². The summed E-state index contributed by atoms with van der Waals surface area (Å²) >= 11 is 0. The number of nitrogen functional groups attached to an aromatic ring is 4. The SMILES string of the molecule is Cc1ccc[nH+]c1N.Cc1ccc[nH+]c1N.Cc1ccc[nH+]c1N.Cc1ccc[nH+]c1N.F[P-](F)(F)(F)(F)F.F[P-](F)(F)(F)(F)F.O=C([O-])CC(=O)[O-].O=C([O-])CC(=O)[O-].[Cu+2]. The van der Waals surface area contributed by atoms with Crippen molar-refractivity contribution in [2.75, 3.05) is 22.9 Å². The van der Waals surface area contributed by atoms with E-state index in [-0.39, 0.29) is 17.1 Å². The van der Waals surface area contributed by atoms with Gasteiger partial charge in [-0.3, -0.25) is 22.9 Å². The molecular formula is C30H40CuF12N8O8P2. The minimum atomic E-state index is -10.7. The molecule has 0 aliphatic carbocycles. The van der Waals surface area contributed by atoms with E-state index in [2.05, 4.69) is 19.9 Å². The molecule has 4 aromatic heterocycles. The van der Waals surface area contributed by atoms with Gasteiger partial charge in [-0.2, -0.15) is 0 Å². The van der Waals surface area contributed by atoms with E-state index in [0.717, 1.165) is 45.5 Å². The quantitative estimate of drug-likeness (QED) is 0.0989. The van der Waals surface area contributed by atoms with E-state index in [4.69, 9.17) is 22.9 Å². The second kappa shape index (κ2) is 25.1. The Labute approximate surface area is 348 Å². The Morgan fingerprint density at radius 2 is 0.557 bits per heavy atom. The first-order valence-electron chi connectivity index (χ1n) is 15.2. The number of carboxylic acids is 4. The first-order valence-corrected chi connectivity index (χ1v) is 19.3. The number of hydrogen-bond donors (Lipinski definition) is 4. The third kappa shape index (κ3) is 69.2. The van der Waals surface area contributed by atoms with Gasteiger partial charge in [0.15, 0.2) is 0 Å². The number of aliphatic carboxylic acids is 4. The number of anilines is 4. The van der Waals surface area contributed by atoms with E-state index < -0.39 is 52.3 Å². The maximum absolute atomic E-state index is 10.7. The molecule has 16 nitrogen and oxygen atoms in total. The third-order valence-corrected chi connectivity index (χ3v) is 5.00. The second-order valence-electron chi connectivity index (χ2n) is 10.8. The van der Waals surface area contributed by atoms with Gasteiger partial charge >= 0.3 is 83.0 Å². The van der Waals surface area contributed by atoms with Gasteiger partial charge in [-0.1, -0.05) is 0 Å². The normalized spacial score (nSPS) is 11.9. The summed E-state index contributed by atoms with van der Waals surface area (Å²) in [6.45, 7) is 7.86. The van der Waals surface area contributed by atoms with Crippen LogP contribution in [-0.2, 0) is 36.2 Å². The summed E-state index contributed by atoms with van der Waals surface area (Å²) in [5.41, 5.74) is 26.2. The number of pyridine rings is 4. The molecule has 4 heterocycles. The van der Waals surface area contributed by atoms with Crippen LogP contribution >= 0.6 is 15.6 Å². The fourth-order valence-electron chi connectivity index (χ4n) is 2.37. The summed E-state index contributed by atoms with van der Waals surface area (Å²) in [5.74, 6) is -3.53. The molecule has 0 saturated carbocycles. The summed E-state index contributed by atoms with van der Waals surface area (Å²) < 4.78 is 118. The van der Waals surface area contributed by atoms with Gasteiger partial charge in [0.25, 0.3) is 23.3 Å². The van der Waals surface area contributed by atoms with Crippen LogP contribution in [-0.4, -0.2) is 23.9 Å². The molecule has 0 fully saturated rings. The molecular weight excluding hydrogens is 954 g/mol. The standard InChI is InChI=1S/4C6H8N2.2C3H4O4.Cu.2F6P/c4*1-5-3-2-4-8-6(5)7;2*4-2(5)1-3(6)7;;2*1-7(2,3,4,5)6/h4*2-4H,1H3,(H2,7,8);2*1H2,(H,4,5)(H,6,7);;;/q;;;;;;+2;2*-1. The molecule has 31 heteroatoms. The van der Waals surface area contributed by atoms with Crippen LogP contribution in [0.4, 0.5) is 73.6 Å². The van der Waals surface area contributed by atoms with Crippen molar-refractivity contribution in [1.29, 1.82) is 0 Å². The van der Waals surface area contributed by atoms with Crippen LogP contribution in [0.2, 0.25) is 0 Å². The maximum atomic E-state index is 9.87. The predicted molar refractivity (Wildman–Crippen MR) is 185 cm³/mol. The van der Waals surface area contributed by atoms with Crippen molar-refractivity contribution in [2.45, 2.75) is 40.5 Å². The minimum Gasteiger partial charge on any atom is -0.550 e. The largest absolute Gasteiger partial charge is 2.00 e. The fraction of sp³-hybridized carbons (Fsp3) is 0.200. The Balaban J connectivity index is -0.000000196. The van der Waals surface area contributed by atoms with Crippen LogP contribution in [0.25, 0.3) is 0 Å².